The molecule has 3 aromatic carbocycles. The molecule has 0 saturated carbocycles. The largest absolute Gasteiger partial charge is 0.481 e. The van der Waals surface area contributed by atoms with Crippen LogP contribution in [0, 0.1) is 5.41 Å². The molecule has 17 nitrogen and oxygen atoms in total. The van der Waals surface area contributed by atoms with E-state index in [9.17, 15) is 23.1 Å². The van der Waals surface area contributed by atoms with E-state index in [1.807, 2.05) is 26.0 Å². The minimum Gasteiger partial charge on any atom is -0.481 e. The number of fused-ring (bicyclic) bond motifs is 4. The summed E-state index contributed by atoms with van der Waals surface area (Å²) in [6.07, 6.45) is 2.48. The number of hydrogen-bond donors (Lipinski definition) is 3. The third kappa shape index (κ3) is 15.3. The van der Waals surface area contributed by atoms with Crippen LogP contribution in [-0.4, -0.2) is 148 Å². The molecule has 3 N–H and O–H groups in total. The van der Waals surface area contributed by atoms with Crippen LogP contribution in [0.5, 0.6) is 11.5 Å². The highest BCUT2D eigenvalue weighted by Crippen LogP contribution is 2.48. The van der Waals surface area contributed by atoms with Crippen molar-refractivity contribution in [2.45, 2.75) is 89.5 Å². The molecule has 0 spiro atoms. The molecule has 2 atom stereocenters. The topological polar surface area (TPSA) is 216 Å². The highest BCUT2D eigenvalue weighted by molar-refractivity contribution is 7.89. The van der Waals surface area contributed by atoms with Crippen molar-refractivity contribution < 1.29 is 70.9 Å². The van der Waals surface area contributed by atoms with Crippen molar-refractivity contribution in [2.75, 3.05) is 112 Å². The number of carboxylic acid groups (broad SMARTS) is 2. The minimum absolute atomic E-state index is 0.0238. The van der Waals surface area contributed by atoms with Crippen LogP contribution < -0.4 is 20.0 Å². The molecule has 0 amide bonds. The molecule has 0 saturated heterocycles. The average Bonchev–Trinajstić information content (AvgIpc) is 3.28. The van der Waals surface area contributed by atoms with Crippen LogP contribution in [0.3, 0.4) is 0 Å². The summed E-state index contributed by atoms with van der Waals surface area (Å²) in [6.45, 7) is 18.3. The summed E-state index contributed by atoms with van der Waals surface area (Å²) in [5.41, 5.74) is 4.50. The smallest absolute Gasteiger partial charge is 0.336 e. The predicted molar refractivity (Wildman–Crippen MR) is 260 cm³/mol. The number of carbonyl (C=O) groups is 2. The number of hydrogen-bond acceptors (Lipinski definition) is 14. The second kappa shape index (κ2) is 25.9. The van der Waals surface area contributed by atoms with Crippen LogP contribution in [0.15, 0.2) is 52.4 Å². The van der Waals surface area contributed by atoms with Crippen LogP contribution in [-0.2, 0) is 59.1 Å². The number of aromatic carboxylic acids is 1. The Morgan fingerprint density at radius 3 is 1.74 bits per heavy atom. The number of nitrogens with one attached hydrogen (secondary N) is 1. The lowest BCUT2D eigenvalue weighted by molar-refractivity contribution is -0.138. The molecule has 3 aromatic rings. The van der Waals surface area contributed by atoms with E-state index >= 15 is 0 Å². The first kappa shape index (κ1) is 55.0. The zero-order chi connectivity index (χ0) is 50.3. The summed E-state index contributed by atoms with van der Waals surface area (Å²) < 4.78 is 83.0. The van der Waals surface area contributed by atoms with Gasteiger partial charge in [0.05, 0.1) is 129 Å². The van der Waals surface area contributed by atoms with Gasteiger partial charge in [-0.1, -0.05) is 45.9 Å². The molecule has 2 heterocycles. The molecular formula is C52H72N2O15S. The van der Waals surface area contributed by atoms with Gasteiger partial charge in [0.1, 0.15) is 5.75 Å². The van der Waals surface area contributed by atoms with Crippen molar-refractivity contribution in [2.24, 2.45) is 10.4 Å². The molecule has 70 heavy (non-hydrogen) atoms. The van der Waals surface area contributed by atoms with Gasteiger partial charge >= 0.3 is 11.9 Å². The van der Waals surface area contributed by atoms with E-state index in [2.05, 4.69) is 38.5 Å². The molecule has 6 rings (SSSR count). The third-order valence-electron chi connectivity index (χ3n) is 12.3. The van der Waals surface area contributed by atoms with Gasteiger partial charge in [0.2, 0.25) is 10.0 Å². The molecular weight excluding hydrogens is 925 g/mol. The van der Waals surface area contributed by atoms with Gasteiger partial charge in [-0.2, -0.15) is 0 Å². The molecule has 0 fully saturated rings. The van der Waals surface area contributed by atoms with E-state index < -0.39 is 27.5 Å². The Morgan fingerprint density at radius 2 is 1.20 bits per heavy atom. The van der Waals surface area contributed by atoms with Gasteiger partial charge in [-0.25, -0.2) is 17.9 Å². The first-order valence-electron chi connectivity index (χ1n) is 24.3. The molecule has 1 aliphatic carbocycles. The van der Waals surface area contributed by atoms with Crippen molar-refractivity contribution >= 4 is 27.5 Å². The highest BCUT2D eigenvalue weighted by Gasteiger charge is 2.38. The molecule has 0 bridgehead atoms. The van der Waals surface area contributed by atoms with Gasteiger partial charge in [0, 0.05) is 22.9 Å². The Balaban J connectivity index is 0.985. The first-order chi connectivity index (χ1) is 33.5. The van der Waals surface area contributed by atoms with Crippen molar-refractivity contribution in [1.82, 2.24) is 4.72 Å². The molecule has 386 valence electrons. The molecule has 0 aromatic heterocycles. The van der Waals surface area contributed by atoms with Crippen LogP contribution in [0.1, 0.15) is 111 Å². The van der Waals surface area contributed by atoms with Crippen molar-refractivity contribution in [1.29, 1.82) is 0 Å². The SMILES string of the molecule is CC1CC(C)(C)Cc2cc3c(cc21)C(c1ccccc1C(=O)O)=c1cc2c(c(S(=O)(=O)NCCOCCOCCOCCOCCOCCOCCOCCOCCC(=O)O)c1O3)=NC(C)(C)CC2C. The summed E-state index contributed by atoms with van der Waals surface area (Å²) in [5, 5.41) is 19.9. The van der Waals surface area contributed by atoms with Crippen LogP contribution >= 0.6 is 0 Å². The predicted octanol–water partition coefficient (Wildman–Crippen LogP) is 5.60. The monoisotopic (exact) mass is 996 g/mol. The number of ether oxygens (including phenoxy) is 9. The van der Waals surface area contributed by atoms with Gasteiger partial charge < -0.3 is 52.8 Å². The Bertz CT molecular complexity index is 2490. The van der Waals surface area contributed by atoms with E-state index in [4.69, 9.17) is 52.7 Å². The van der Waals surface area contributed by atoms with E-state index in [1.54, 1.807) is 24.3 Å². The van der Waals surface area contributed by atoms with Crippen LogP contribution in [0.4, 0.5) is 0 Å². The Hall–Kier alpha value is -4.34. The van der Waals surface area contributed by atoms with Crippen molar-refractivity contribution in [3.8, 4) is 11.5 Å². The summed E-state index contributed by atoms with van der Waals surface area (Å²) in [5.74, 6) is -1.19. The fourth-order valence-electron chi connectivity index (χ4n) is 9.50. The zero-order valence-electron chi connectivity index (χ0n) is 41.6. The Morgan fingerprint density at radius 1 is 0.686 bits per heavy atom. The van der Waals surface area contributed by atoms with Gasteiger partial charge in [0.15, 0.2) is 10.6 Å². The number of sulfonamides is 1. The van der Waals surface area contributed by atoms with Crippen LogP contribution in [0.25, 0.3) is 5.57 Å². The van der Waals surface area contributed by atoms with Gasteiger partial charge in [-0.3, -0.25) is 9.79 Å². The van der Waals surface area contributed by atoms with Gasteiger partial charge in [-0.15, -0.1) is 0 Å². The summed E-state index contributed by atoms with van der Waals surface area (Å²) >= 11 is 0. The zero-order valence-corrected chi connectivity index (χ0v) is 42.4. The van der Waals surface area contributed by atoms with E-state index in [0.29, 0.717) is 120 Å². The number of rotatable bonds is 31. The minimum atomic E-state index is -4.29. The molecule has 2 unspecified atom stereocenters. The number of nitrogens with zero attached hydrogens (tertiary/aromatic N) is 1. The molecule has 3 aliphatic rings. The summed E-state index contributed by atoms with van der Waals surface area (Å²) in [7, 11) is -4.29. The first-order valence-corrected chi connectivity index (χ1v) is 25.8. The van der Waals surface area contributed by atoms with Gasteiger partial charge in [-0.05, 0) is 96.9 Å². The number of aliphatic carboxylic acids is 1. The molecule has 18 heteroatoms. The summed E-state index contributed by atoms with van der Waals surface area (Å²) in [4.78, 5) is 28.2. The second-order valence-corrected chi connectivity index (χ2v) is 21.0. The second-order valence-electron chi connectivity index (χ2n) is 19.3. The van der Waals surface area contributed by atoms with E-state index in [1.165, 1.54) is 5.56 Å². The maximum absolute atomic E-state index is 14.7. The quantitative estimate of drug-likeness (QED) is 0.0523. The van der Waals surface area contributed by atoms with Gasteiger partial charge in [0.25, 0.3) is 0 Å². The Kier molecular flexibility index (Phi) is 20.3. The Labute approximate surface area is 411 Å². The third-order valence-corrected chi connectivity index (χ3v) is 13.8. The number of carboxylic acids is 2. The summed E-state index contributed by atoms with van der Waals surface area (Å²) in [6, 6.07) is 13.0. The fourth-order valence-corrected chi connectivity index (χ4v) is 10.8. The van der Waals surface area contributed by atoms with Crippen LogP contribution in [0.2, 0.25) is 0 Å². The average molecular weight is 997 g/mol. The molecule has 2 aliphatic heterocycles. The highest BCUT2D eigenvalue weighted by atomic mass is 32.2. The fraction of sp³-hybridized carbons (Fsp3) is 0.596. The lowest BCUT2D eigenvalue weighted by atomic mass is 9.69. The van der Waals surface area contributed by atoms with E-state index in [-0.39, 0.29) is 66.2 Å². The lowest BCUT2D eigenvalue weighted by Gasteiger charge is -2.37. The van der Waals surface area contributed by atoms with Crippen molar-refractivity contribution in [3.63, 3.8) is 0 Å². The standard InChI is InChI=1S/C52H72N2O15S/c1-35-32-51(3,4)34-37-29-44-42(30-40(35)37)46(38-9-7-8-10-39(38)50(57)58)43-31-41-36(2)33-52(5,6)54-47(41)49(48(43)69-44)70(59,60)53-12-14-62-16-18-64-20-22-66-24-26-68-28-27-67-25-23-65-21-19-63-17-15-61-13-11-45(55)56/h7-10,29-31,35-36,53H,11-28,32-34H2,1-6H3,(H,55,56)(H,57,58). The lowest BCUT2D eigenvalue weighted by Crippen LogP contribution is -2.40. The maximum atomic E-state index is 14.7. The molecule has 0 radical (unpaired) electrons. The number of benzene rings is 3. The maximum Gasteiger partial charge on any atom is 0.336 e. The van der Waals surface area contributed by atoms with E-state index in [0.717, 1.165) is 29.5 Å². The van der Waals surface area contributed by atoms with Crippen molar-refractivity contribution in [3.05, 3.63) is 86.4 Å². The normalized spacial score (nSPS) is 17.7.